The Morgan fingerprint density at radius 3 is 3.09 bits per heavy atom. The van der Waals surface area contributed by atoms with Gasteiger partial charge in [-0.1, -0.05) is 18.2 Å². The molecule has 2 heterocycles. The van der Waals surface area contributed by atoms with Crippen molar-refractivity contribution in [3.63, 3.8) is 0 Å². The van der Waals surface area contributed by atoms with Crippen LogP contribution < -0.4 is 10.1 Å². The Kier molecular flexibility index (Phi) is 4.84. The van der Waals surface area contributed by atoms with Crippen molar-refractivity contribution in [1.29, 1.82) is 0 Å². The quantitative estimate of drug-likeness (QED) is 0.873. The minimum Gasteiger partial charge on any atom is -0.491 e. The molecule has 2 atom stereocenters. The van der Waals surface area contributed by atoms with Gasteiger partial charge in [-0.25, -0.2) is 0 Å². The highest BCUT2D eigenvalue weighted by molar-refractivity contribution is 5.83. The number of para-hydroxylation sites is 1. The minimum atomic E-state index is -0.543. The van der Waals surface area contributed by atoms with Gasteiger partial charge in [0.25, 0.3) is 0 Å². The van der Waals surface area contributed by atoms with Gasteiger partial charge in [-0.3, -0.25) is 9.69 Å². The van der Waals surface area contributed by atoms with Gasteiger partial charge in [0, 0.05) is 20.1 Å². The van der Waals surface area contributed by atoms with Crippen LogP contribution in [0.5, 0.6) is 5.75 Å². The summed E-state index contributed by atoms with van der Waals surface area (Å²) in [6, 6.07) is 7.65. The van der Waals surface area contributed by atoms with Crippen LogP contribution in [0, 0.1) is 0 Å². The van der Waals surface area contributed by atoms with E-state index < -0.39 is 5.54 Å². The lowest BCUT2D eigenvalue weighted by Crippen LogP contribution is -2.63. The van der Waals surface area contributed by atoms with Crippen LogP contribution in [0.1, 0.15) is 5.56 Å². The van der Waals surface area contributed by atoms with Gasteiger partial charge in [-0.05, 0) is 18.7 Å². The summed E-state index contributed by atoms with van der Waals surface area (Å²) in [5.74, 6) is 0.846. The number of ether oxygens (including phenoxy) is 3. The molecule has 0 bridgehead atoms. The van der Waals surface area contributed by atoms with E-state index in [1.165, 1.54) is 0 Å². The van der Waals surface area contributed by atoms with Crippen LogP contribution in [-0.4, -0.2) is 69.5 Å². The molecule has 2 aliphatic rings. The number of methoxy groups -OCH3 is 1. The maximum Gasteiger partial charge on any atom is 0.240 e. The van der Waals surface area contributed by atoms with Crippen LogP contribution in [-0.2, 0) is 20.7 Å². The lowest BCUT2D eigenvalue weighted by Gasteiger charge is -2.40. The Balaban J connectivity index is 1.75. The van der Waals surface area contributed by atoms with Gasteiger partial charge < -0.3 is 19.5 Å². The van der Waals surface area contributed by atoms with Crippen molar-refractivity contribution in [1.82, 2.24) is 10.2 Å². The van der Waals surface area contributed by atoms with Crippen LogP contribution >= 0.6 is 0 Å². The number of carbonyl (C=O) groups excluding carboxylic acids is 1. The molecule has 1 amide bonds. The average molecular weight is 320 g/mol. The highest BCUT2D eigenvalue weighted by atomic mass is 16.5. The number of hydrogen-bond acceptors (Lipinski definition) is 5. The van der Waals surface area contributed by atoms with Gasteiger partial charge in [0.15, 0.2) is 0 Å². The normalized spacial score (nSPS) is 27.8. The summed E-state index contributed by atoms with van der Waals surface area (Å²) in [5, 5.41) is 3.16. The van der Waals surface area contributed by atoms with Gasteiger partial charge in [-0.2, -0.15) is 0 Å². The van der Waals surface area contributed by atoms with Gasteiger partial charge in [0.05, 0.1) is 19.8 Å². The van der Waals surface area contributed by atoms with E-state index in [9.17, 15) is 4.79 Å². The molecule has 0 aromatic heterocycles. The molecule has 2 unspecified atom stereocenters. The van der Waals surface area contributed by atoms with Crippen LogP contribution in [0.4, 0.5) is 0 Å². The summed E-state index contributed by atoms with van der Waals surface area (Å²) in [6.07, 6.45) is 0.694. The van der Waals surface area contributed by atoms with Gasteiger partial charge in [0.1, 0.15) is 23.9 Å². The summed E-state index contributed by atoms with van der Waals surface area (Å²) >= 11 is 0. The molecule has 6 heteroatoms. The van der Waals surface area contributed by atoms with E-state index in [0.29, 0.717) is 32.8 Å². The number of carbonyl (C=O) groups is 1. The first kappa shape index (κ1) is 16.2. The monoisotopic (exact) mass is 320 g/mol. The molecular formula is C17H24N2O4. The second-order valence-electron chi connectivity index (χ2n) is 6.35. The van der Waals surface area contributed by atoms with Gasteiger partial charge in [-0.15, -0.1) is 0 Å². The minimum absolute atomic E-state index is 0.0350. The van der Waals surface area contributed by atoms with Crippen LogP contribution in [0.25, 0.3) is 0 Å². The Hall–Kier alpha value is -1.63. The van der Waals surface area contributed by atoms with Crippen LogP contribution in [0.15, 0.2) is 24.3 Å². The molecule has 0 spiro atoms. The molecule has 1 saturated heterocycles. The maximum atomic E-state index is 12.7. The van der Waals surface area contributed by atoms with E-state index in [2.05, 4.69) is 5.32 Å². The van der Waals surface area contributed by atoms with Gasteiger partial charge in [0.2, 0.25) is 5.91 Å². The zero-order valence-corrected chi connectivity index (χ0v) is 13.7. The summed E-state index contributed by atoms with van der Waals surface area (Å²) in [5.41, 5.74) is 0.544. The molecule has 0 saturated carbocycles. The Morgan fingerprint density at radius 2 is 2.30 bits per heavy atom. The topological polar surface area (TPSA) is 60.0 Å². The average Bonchev–Trinajstić information content (AvgIpc) is 2.55. The smallest absolute Gasteiger partial charge is 0.240 e. The number of morpholine rings is 1. The molecule has 2 aliphatic heterocycles. The predicted molar refractivity (Wildman–Crippen MR) is 85.6 cm³/mol. The molecule has 6 nitrogen and oxygen atoms in total. The maximum absolute atomic E-state index is 12.7. The standard InChI is InChI=1S/C17H24N2O4/c1-19-7-8-22-10-14(19)16(20)18-17(11-21-2)9-13-5-3-4-6-15(13)23-12-17/h3-6,14H,7-12H2,1-2H3,(H,18,20). The van der Waals surface area contributed by atoms with Crippen molar-refractivity contribution in [3.8, 4) is 5.75 Å². The number of benzene rings is 1. The molecule has 3 rings (SSSR count). The SMILES string of the molecule is COCC1(NC(=O)C2COCCN2C)COc2ccccc2C1. The number of hydrogen-bond donors (Lipinski definition) is 1. The molecule has 1 N–H and O–H groups in total. The predicted octanol–water partition coefficient (Wildman–Crippen LogP) is 0.454. The van der Waals surface area contributed by atoms with Crippen molar-refractivity contribution in [2.24, 2.45) is 0 Å². The first-order valence-corrected chi connectivity index (χ1v) is 7.93. The molecule has 0 radical (unpaired) electrons. The number of amides is 1. The first-order valence-electron chi connectivity index (χ1n) is 7.93. The molecule has 1 fully saturated rings. The summed E-state index contributed by atoms with van der Waals surface area (Å²) in [6.45, 7) is 2.66. The number of likely N-dealkylation sites (N-methyl/N-ethyl adjacent to an activating group) is 1. The van der Waals surface area contributed by atoms with Crippen molar-refractivity contribution >= 4 is 5.91 Å². The van der Waals surface area contributed by atoms with Gasteiger partial charge >= 0.3 is 0 Å². The Bertz CT molecular complexity index is 565. The summed E-state index contributed by atoms with van der Waals surface area (Å²) in [7, 11) is 3.59. The third kappa shape index (κ3) is 3.49. The summed E-state index contributed by atoms with van der Waals surface area (Å²) in [4.78, 5) is 14.7. The number of fused-ring (bicyclic) bond motifs is 1. The third-order valence-electron chi connectivity index (χ3n) is 4.51. The van der Waals surface area contributed by atoms with E-state index in [0.717, 1.165) is 17.9 Å². The fourth-order valence-electron chi connectivity index (χ4n) is 3.21. The highest BCUT2D eigenvalue weighted by Crippen LogP contribution is 2.29. The molecule has 23 heavy (non-hydrogen) atoms. The van der Waals surface area contributed by atoms with Crippen LogP contribution in [0.3, 0.4) is 0 Å². The van der Waals surface area contributed by atoms with Crippen molar-refractivity contribution in [2.75, 3.05) is 47.1 Å². The van der Waals surface area contributed by atoms with E-state index in [1.54, 1.807) is 7.11 Å². The molecule has 1 aromatic rings. The van der Waals surface area contributed by atoms with E-state index in [1.807, 2.05) is 36.2 Å². The first-order chi connectivity index (χ1) is 11.1. The fraction of sp³-hybridized carbons (Fsp3) is 0.588. The van der Waals surface area contributed by atoms with E-state index in [-0.39, 0.29) is 11.9 Å². The summed E-state index contributed by atoms with van der Waals surface area (Å²) < 4.78 is 16.7. The fourth-order valence-corrected chi connectivity index (χ4v) is 3.21. The van der Waals surface area contributed by atoms with Crippen molar-refractivity contribution in [2.45, 2.75) is 18.0 Å². The van der Waals surface area contributed by atoms with Crippen LogP contribution in [0.2, 0.25) is 0 Å². The van der Waals surface area contributed by atoms with Crippen molar-refractivity contribution < 1.29 is 19.0 Å². The highest BCUT2D eigenvalue weighted by Gasteiger charge is 2.40. The Labute approximate surface area is 136 Å². The lowest BCUT2D eigenvalue weighted by molar-refractivity contribution is -0.135. The number of nitrogens with zero attached hydrogens (tertiary/aromatic N) is 1. The Morgan fingerprint density at radius 1 is 1.48 bits per heavy atom. The molecule has 0 aliphatic carbocycles. The molecular weight excluding hydrogens is 296 g/mol. The number of rotatable bonds is 4. The second kappa shape index (κ2) is 6.86. The lowest BCUT2D eigenvalue weighted by atomic mass is 9.89. The third-order valence-corrected chi connectivity index (χ3v) is 4.51. The van der Waals surface area contributed by atoms with E-state index >= 15 is 0 Å². The molecule has 126 valence electrons. The zero-order valence-electron chi connectivity index (χ0n) is 13.7. The zero-order chi connectivity index (χ0) is 16.3. The second-order valence-corrected chi connectivity index (χ2v) is 6.35. The van der Waals surface area contributed by atoms with E-state index in [4.69, 9.17) is 14.2 Å². The largest absolute Gasteiger partial charge is 0.491 e. The number of nitrogens with one attached hydrogen (secondary N) is 1. The molecule has 1 aromatic carbocycles. The van der Waals surface area contributed by atoms with Crippen molar-refractivity contribution in [3.05, 3.63) is 29.8 Å².